The summed E-state index contributed by atoms with van der Waals surface area (Å²) in [6.07, 6.45) is 51.8. The van der Waals surface area contributed by atoms with E-state index in [0.29, 0.717) is 0 Å². The molecule has 10 saturated carbocycles. The van der Waals surface area contributed by atoms with E-state index in [4.69, 9.17) is 0 Å². The summed E-state index contributed by atoms with van der Waals surface area (Å²) in [5, 5.41) is 0. The van der Waals surface area contributed by atoms with E-state index in [2.05, 4.69) is 24.3 Å². The van der Waals surface area contributed by atoms with Crippen LogP contribution in [0.2, 0.25) is 0 Å². The second-order valence-electron chi connectivity index (χ2n) is 21.1. The molecule has 0 heteroatoms. The van der Waals surface area contributed by atoms with E-state index in [1.165, 1.54) is 51.4 Å². The molecule has 48 heavy (non-hydrogen) atoms. The van der Waals surface area contributed by atoms with Crippen LogP contribution >= 0.6 is 0 Å². The molecule has 0 radical (unpaired) electrons. The Morgan fingerprint density at radius 3 is 0.792 bits per heavy atom. The highest BCUT2D eigenvalue weighted by atomic mass is 14.6. The average Bonchev–Trinajstić information content (AvgIpc) is 3.14. The molecule has 8 unspecified atom stereocenters. The lowest BCUT2D eigenvalue weighted by molar-refractivity contribution is -0.0838. The quantitative estimate of drug-likeness (QED) is 0.260. The van der Waals surface area contributed by atoms with Crippen molar-refractivity contribution in [2.75, 3.05) is 0 Å². The van der Waals surface area contributed by atoms with Crippen LogP contribution in [0.25, 0.3) is 0 Å². The second-order valence-corrected chi connectivity index (χ2v) is 21.1. The van der Waals surface area contributed by atoms with Crippen LogP contribution in [0.3, 0.4) is 0 Å². The lowest BCUT2D eigenvalue weighted by atomic mass is 9.47. The van der Waals surface area contributed by atoms with Gasteiger partial charge in [0.25, 0.3) is 0 Å². The minimum atomic E-state index is 0.904. The lowest BCUT2D eigenvalue weighted by Crippen LogP contribution is -2.50. The van der Waals surface area contributed by atoms with Gasteiger partial charge >= 0.3 is 0 Å². The molecular weight excluding hydrogens is 577 g/mol. The molecule has 0 aromatic rings. The van der Waals surface area contributed by atoms with Gasteiger partial charge in [-0.1, -0.05) is 62.8 Å². The Morgan fingerprint density at radius 2 is 0.458 bits per heavy atom. The fourth-order valence-corrected chi connectivity index (χ4v) is 17.3. The van der Waals surface area contributed by atoms with Gasteiger partial charge in [0.2, 0.25) is 0 Å². The van der Waals surface area contributed by atoms with E-state index in [9.17, 15) is 0 Å². The largest absolute Gasteiger partial charge is 0.0851 e. The molecule has 0 aromatic carbocycles. The van der Waals surface area contributed by atoms with Gasteiger partial charge in [-0.2, -0.15) is 0 Å². The zero-order chi connectivity index (χ0) is 31.6. The van der Waals surface area contributed by atoms with Crippen LogP contribution in [0.15, 0.2) is 24.3 Å². The predicted octanol–water partition coefficient (Wildman–Crippen LogP) is 13.5. The Labute approximate surface area is 296 Å². The van der Waals surface area contributed by atoms with Gasteiger partial charge in [0, 0.05) is 0 Å². The maximum atomic E-state index is 2.80. The van der Waals surface area contributed by atoms with E-state index in [1.54, 1.807) is 116 Å². The standard InChI is InChI=1S/C48H74/c1-3-37-19-23-41-27-33(28-42-24-20-38(4-1)45(37)47(41)42)9-7-31-11-15-35(16-12-31)36-17-13-32(14-18-36)8-10-34-29-43-25-21-39-5-2-6-40-22-26-44(30-34)48(43)46(39)40/h7-10,31-48H,1-6,11-30H2/b9-7+,10-8+. The monoisotopic (exact) mass is 651 g/mol. The SMILES string of the molecule is C(=C\C1CC2CCC3CCCC4CCC(C1)C2C34)/C1CCC(C2CCC(/C=C/C3CC4CCC5CCCC6CCC(C3)C4C56)CC2)CC1. The molecule has 10 aliphatic carbocycles. The zero-order valence-electron chi connectivity index (χ0n) is 31.1. The zero-order valence-corrected chi connectivity index (χ0v) is 31.1. The first-order valence-electron chi connectivity index (χ1n) is 23.1. The molecule has 0 amide bonds. The van der Waals surface area contributed by atoms with Crippen LogP contribution in [0.4, 0.5) is 0 Å². The van der Waals surface area contributed by atoms with E-state index < -0.39 is 0 Å². The maximum Gasteiger partial charge on any atom is -0.0228 e. The highest BCUT2D eigenvalue weighted by Crippen LogP contribution is 2.62. The topological polar surface area (TPSA) is 0 Å². The summed E-state index contributed by atoms with van der Waals surface area (Å²) in [6, 6.07) is 0. The summed E-state index contributed by atoms with van der Waals surface area (Å²) in [4.78, 5) is 0. The Kier molecular flexibility index (Phi) is 9.24. The van der Waals surface area contributed by atoms with Crippen molar-refractivity contribution in [3.05, 3.63) is 24.3 Å². The van der Waals surface area contributed by atoms with Gasteiger partial charge in [-0.3, -0.25) is 0 Å². The summed E-state index contributed by atoms with van der Waals surface area (Å²) >= 11 is 0. The average molecular weight is 651 g/mol. The van der Waals surface area contributed by atoms with Gasteiger partial charge < -0.3 is 0 Å². The normalized spacial score (nSPS) is 54.8. The van der Waals surface area contributed by atoms with Crippen LogP contribution in [0.1, 0.15) is 167 Å². The molecule has 0 bridgehead atoms. The van der Waals surface area contributed by atoms with Crippen LogP contribution in [-0.4, -0.2) is 0 Å². The van der Waals surface area contributed by atoms with Crippen molar-refractivity contribution in [3.8, 4) is 0 Å². The molecule has 0 aromatic heterocycles. The van der Waals surface area contributed by atoms with E-state index in [0.717, 1.165) is 107 Å². The van der Waals surface area contributed by atoms with E-state index in [-0.39, 0.29) is 0 Å². The molecule has 0 saturated heterocycles. The van der Waals surface area contributed by atoms with Crippen molar-refractivity contribution in [1.82, 2.24) is 0 Å². The lowest BCUT2D eigenvalue weighted by Gasteiger charge is -2.58. The van der Waals surface area contributed by atoms with Crippen molar-refractivity contribution < 1.29 is 0 Å². The van der Waals surface area contributed by atoms with Gasteiger partial charge in [-0.05, 0) is 235 Å². The van der Waals surface area contributed by atoms with Gasteiger partial charge in [0.1, 0.15) is 0 Å². The molecule has 0 heterocycles. The summed E-state index contributed by atoms with van der Waals surface area (Å²) in [5.41, 5.74) is 0. The van der Waals surface area contributed by atoms with Gasteiger partial charge in [0.15, 0.2) is 0 Å². The first kappa shape index (κ1) is 32.2. The smallest absolute Gasteiger partial charge is 0.0228 e. The highest BCUT2D eigenvalue weighted by molar-refractivity contribution is 5.08. The third kappa shape index (κ3) is 6.10. The Balaban J connectivity index is 0.670. The van der Waals surface area contributed by atoms with Gasteiger partial charge in [-0.25, -0.2) is 0 Å². The molecule has 266 valence electrons. The minimum absolute atomic E-state index is 0.904. The van der Waals surface area contributed by atoms with Gasteiger partial charge in [0.05, 0.1) is 0 Å². The third-order valence-electron chi connectivity index (χ3n) is 19.2. The van der Waals surface area contributed by atoms with E-state index >= 15 is 0 Å². The first-order valence-corrected chi connectivity index (χ1v) is 23.1. The molecule has 8 atom stereocenters. The highest BCUT2D eigenvalue weighted by Gasteiger charge is 2.53. The number of allylic oxidation sites excluding steroid dienone is 4. The summed E-state index contributed by atoms with van der Waals surface area (Å²) in [6.45, 7) is 0. The Morgan fingerprint density at radius 1 is 0.208 bits per heavy atom. The fraction of sp³-hybridized carbons (Fsp3) is 0.917. The third-order valence-corrected chi connectivity index (χ3v) is 19.2. The van der Waals surface area contributed by atoms with Crippen LogP contribution in [-0.2, 0) is 0 Å². The molecule has 0 nitrogen and oxygen atoms in total. The molecule has 10 rings (SSSR count). The maximum absolute atomic E-state index is 2.80. The summed E-state index contributed by atoms with van der Waals surface area (Å²) in [7, 11) is 0. The first-order chi connectivity index (χ1) is 23.7. The van der Waals surface area contributed by atoms with E-state index in [1.807, 2.05) is 0 Å². The molecular formula is C48H74. The van der Waals surface area contributed by atoms with Crippen molar-refractivity contribution in [2.24, 2.45) is 107 Å². The number of rotatable bonds is 5. The molecule has 10 aliphatic rings. The molecule has 10 fully saturated rings. The van der Waals surface area contributed by atoms with Crippen LogP contribution in [0, 0.1) is 107 Å². The van der Waals surface area contributed by atoms with Crippen LogP contribution in [0.5, 0.6) is 0 Å². The number of hydrogen-bond donors (Lipinski definition) is 0. The van der Waals surface area contributed by atoms with Crippen molar-refractivity contribution in [3.63, 3.8) is 0 Å². The minimum Gasteiger partial charge on any atom is -0.0851 e. The van der Waals surface area contributed by atoms with Crippen molar-refractivity contribution in [1.29, 1.82) is 0 Å². The van der Waals surface area contributed by atoms with Crippen molar-refractivity contribution >= 4 is 0 Å². The molecule has 0 aliphatic heterocycles. The summed E-state index contributed by atoms with van der Waals surface area (Å²) in [5.74, 6) is 19.2. The van der Waals surface area contributed by atoms with Crippen LogP contribution < -0.4 is 0 Å². The summed E-state index contributed by atoms with van der Waals surface area (Å²) < 4.78 is 0. The fourth-order valence-electron chi connectivity index (χ4n) is 17.3. The number of hydrogen-bond acceptors (Lipinski definition) is 0. The Bertz CT molecular complexity index is 1000. The molecule has 0 spiro atoms. The second kappa shape index (κ2) is 13.8. The van der Waals surface area contributed by atoms with Crippen molar-refractivity contribution in [2.45, 2.75) is 167 Å². The molecule has 0 N–H and O–H groups in total. The van der Waals surface area contributed by atoms with Gasteiger partial charge in [-0.15, -0.1) is 0 Å². The Hall–Kier alpha value is -0.520. The predicted molar refractivity (Wildman–Crippen MR) is 201 cm³/mol.